The molecule has 0 radical (unpaired) electrons. The average Bonchev–Trinajstić information content (AvgIpc) is 3.35. The third kappa shape index (κ3) is 3.42. The maximum Gasteiger partial charge on any atom is 0.273 e. The quantitative estimate of drug-likeness (QED) is 0.563. The predicted molar refractivity (Wildman–Crippen MR) is 91.5 cm³/mol. The summed E-state index contributed by atoms with van der Waals surface area (Å²) in [7, 11) is 0. The standard InChI is InChI=1S/C17H13FN4O3S/c18-12-3-1-2-4-14(12)24-10-15-21-13(9-25-15)16(23)19-7-11-8-22-5-6-26-17(22)20-11/h1-6,8-9H,7,10H2,(H,19,23). The van der Waals surface area contributed by atoms with Crippen LogP contribution in [0.5, 0.6) is 5.75 Å². The van der Waals surface area contributed by atoms with E-state index in [1.54, 1.807) is 12.1 Å². The second-order valence-electron chi connectivity index (χ2n) is 5.35. The zero-order valence-corrected chi connectivity index (χ0v) is 14.2. The summed E-state index contributed by atoms with van der Waals surface area (Å²) < 4.78 is 25.9. The monoisotopic (exact) mass is 372 g/mol. The van der Waals surface area contributed by atoms with Gasteiger partial charge in [0.25, 0.3) is 5.91 Å². The van der Waals surface area contributed by atoms with Gasteiger partial charge in [-0.2, -0.15) is 0 Å². The summed E-state index contributed by atoms with van der Waals surface area (Å²) in [6.45, 7) is 0.201. The number of nitrogens with one attached hydrogen (secondary N) is 1. The largest absolute Gasteiger partial charge is 0.481 e. The van der Waals surface area contributed by atoms with Crippen LogP contribution in [0, 0.1) is 5.82 Å². The molecule has 0 aliphatic rings. The minimum absolute atomic E-state index is 0.0778. The van der Waals surface area contributed by atoms with Crippen LogP contribution in [-0.2, 0) is 13.2 Å². The summed E-state index contributed by atoms with van der Waals surface area (Å²) in [6.07, 6.45) is 4.99. The van der Waals surface area contributed by atoms with Gasteiger partial charge in [-0.25, -0.2) is 14.4 Å². The zero-order valence-electron chi connectivity index (χ0n) is 13.4. The fourth-order valence-electron chi connectivity index (χ4n) is 2.31. The van der Waals surface area contributed by atoms with Crippen molar-refractivity contribution in [3.05, 3.63) is 71.4 Å². The molecule has 0 fully saturated rings. The van der Waals surface area contributed by atoms with E-state index in [9.17, 15) is 9.18 Å². The van der Waals surface area contributed by atoms with Crippen LogP contribution >= 0.6 is 11.3 Å². The first-order chi connectivity index (χ1) is 12.7. The van der Waals surface area contributed by atoms with Crippen LogP contribution in [-0.4, -0.2) is 20.3 Å². The third-order valence-electron chi connectivity index (χ3n) is 3.55. The van der Waals surface area contributed by atoms with Crippen LogP contribution in [0.2, 0.25) is 0 Å². The van der Waals surface area contributed by atoms with E-state index in [0.717, 1.165) is 10.7 Å². The van der Waals surface area contributed by atoms with E-state index in [1.807, 2.05) is 22.2 Å². The number of oxazole rings is 1. The Bertz CT molecular complexity index is 1030. The third-order valence-corrected chi connectivity index (χ3v) is 4.32. The summed E-state index contributed by atoms with van der Waals surface area (Å²) in [5.41, 5.74) is 0.870. The van der Waals surface area contributed by atoms with Gasteiger partial charge in [-0.3, -0.25) is 9.20 Å². The van der Waals surface area contributed by atoms with E-state index < -0.39 is 5.82 Å². The van der Waals surface area contributed by atoms with Crippen molar-refractivity contribution in [3.63, 3.8) is 0 Å². The van der Waals surface area contributed by atoms with Crippen molar-refractivity contribution in [1.29, 1.82) is 0 Å². The lowest BCUT2D eigenvalue weighted by Crippen LogP contribution is -2.23. The van der Waals surface area contributed by atoms with Gasteiger partial charge in [-0.1, -0.05) is 12.1 Å². The Morgan fingerprint density at radius 1 is 1.35 bits per heavy atom. The molecule has 0 saturated carbocycles. The molecule has 0 spiro atoms. The van der Waals surface area contributed by atoms with Gasteiger partial charge >= 0.3 is 0 Å². The van der Waals surface area contributed by atoms with Crippen LogP contribution in [0.1, 0.15) is 22.1 Å². The van der Waals surface area contributed by atoms with Gasteiger partial charge in [-0.15, -0.1) is 11.3 Å². The Morgan fingerprint density at radius 3 is 3.08 bits per heavy atom. The number of halogens is 1. The number of hydrogen-bond donors (Lipinski definition) is 1. The number of rotatable bonds is 6. The molecule has 9 heteroatoms. The van der Waals surface area contributed by atoms with E-state index in [0.29, 0.717) is 0 Å². The van der Waals surface area contributed by atoms with E-state index in [2.05, 4.69) is 15.3 Å². The number of nitrogens with zero attached hydrogens (tertiary/aromatic N) is 3. The highest BCUT2D eigenvalue weighted by atomic mass is 32.1. The molecule has 26 heavy (non-hydrogen) atoms. The van der Waals surface area contributed by atoms with Gasteiger partial charge < -0.3 is 14.5 Å². The van der Waals surface area contributed by atoms with Gasteiger partial charge in [0.15, 0.2) is 28.8 Å². The minimum atomic E-state index is -0.475. The fourth-order valence-corrected chi connectivity index (χ4v) is 3.02. The smallest absolute Gasteiger partial charge is 0.273 e. The van der Waals surface area contributed by atoms with Gasteiger partial charge in [0.05, 0.1) is 12.2 Å². The number of thiazole rings is 1. The maximum atomic E-state index is 13.5. The molecule has 3 aromatic heterocycles. The first-order valence-corrected chi connectivity index (χ1v) is 8.58. The molecule has 0 unspecified atom stereocenters. The van der Waals surface area contributed by atoms with Gasteiger partial charge in [-0.05, 0) is 12.1 Å². The molecule has 0 bridgehead atoms. The number of hydrogen-bond acceptors (Lipinski definition) is 6. The van der Waals surface area contributed by atoms with E-state index in [-0.39, 0.29) is 36.4 Å². The lowest BCUT2D eigenvalue weighted by Gasteiger charge is -2.03. The van der Waals surface area contributed by atoms with Crippen molar-refractivity contribution in [1.82, 2.24) is 19.7 Å². The molecule has 7 nitrogen and oxygen atoms in total. The van der Waals surface area contributed by atoms with Crippen LogP contribution in [0.25, 0.3) is 4.96 Å². The molecule has 0 atom stereocenters. The van der Waals surface area contributed by atoms with Crippen molar-refractivity contribution < 1.29 is 18.3 Å². The molecular weight excluding hydrogens is 359 g/mol. The average molecular weight is 372 g/mol. The molecule has 3 heterocycles. The number of aromatic nitrogens is 3. The summed E-state index contributed by atoms with van der Waals surface area (Å²) in [5, 5.41) is 4.66. The molecule has 1 amide bonds. The van der Waals surface area contributed by atoms with Gasteiger partial charge in [0.1, 0.15) is 6.26 Å². The van der Waals surface area contributed by atoms with Crippen molar-refractivity contribution in [2.24, 2.45) is 0 Å². The molecule has 132 valence electrons. The van der Waals surface area contributed by atoms with E-state index in [1.165, 1.54) is 29.7 Å². The van der Waals surface area contributed by atoms with Crippen molar-refractivity contribution in [2.75, 3.05) is 0 Å². The number of imidazole rings is 1. The van der Waals surface area contributed by atoms with Crippen molar-refractivity contribution >= 4 is 22.2 Å². The number of amides is 1. The Labute approximate surface area is 151 Å². The molecular formula is C17H13FN4O3S. The molecule has 0 aliphatic carbocycles. The van der Waals surface area contributed by atoms with Crippen LogP contribution in [0.4, 0.5) is 4.39 Å². The summed E-state index contributed by atoms with van der Waals surface area (Å²) in [6, 6.07) is 6.03. The normalized spacial score (nSPS) is 11.0. The fraction of sp³-hybridized carbons (Fsp3) is 0.118. The predicted octanol–water partition coefficient (Wildman–Crippen LogP) is 3.03. The van der Waals surface area contributed by atoms with E-state index >= 15 is 0 Å². The molecule has 1 N–H and O–H groups in total. The highest BCUT2D eigenvalue weighted by Crippen LogP contribution is 2.17. The van der Waals surface area contributed by atoms with Crippen LogP contribution < -0.4 is 10.1 Å². The summed E-state index contributed by atoms with van der Waals surface area (Å²) in [4.78, 5) is 21.4. The lowest BCUT2D eigenvalue weighted by molar-refractivity contribution is 0.0945. The Hall–Kier alpha value is -3.20. The van der Waals surface area contributed by atoms with Crippen molar-refractivity contribution in [2.45, 2.75) is 13.2 Å². The Morgan fingerprint density at radius 2 is 2.23 bits per heavy atom. The maximum absolute atomic E-state index is 13.5. The topological polar surface area (TPSA) is 81.7 Å². The second-order valence-corrected chi connectivity index (χ2v) is 6.23. The molecule has 0 aliphatic heterocycles. The lowest BCUT2D eigenvalue weighted by atomic mass is 10.3. The molecule has 4 rings (SSSR count). The van der Waals surface area contributed by atoms with Crippen LogP contribution in [0.15, 0.2) is 52.7 Å². The first kappa shape index (κ1) is 16.3. The number of carbonyl (C=O) groups excluding carboxylic acids is 1. The highest BCUT2D eigenvalue weighted by Gasteiger charge is 2.14. The first-order valence-electron chi connectivity index (χ1n) is 7.70. The van der Waals surface area contributed by atoms with Gasteiger partial charge in [0, 0.05) is 17.8 Å². The number of fused-ring (bicyclic) bond motifs is 1. The highest BCUT2D eigenvalue weighted by molar-refractivity contribution is 7.15. The minimum Gasteiger partial charge on any atom is -0.481 e. The second kappa shape index (κ2) is 6.96. The zero-order chi connectivity index (χ0) is 17.9. The SMILES string of the molecule is O=C(NCc1cn2ccsc2n1)c1coc(COc2ccccc2F)n1. The number of carbonyl (C=O) groups is 1. The summed E-state index contributed by atoms with van der Waals surface area (Å²) >= 11 is 1.52. The number of benzene rings is 1. The molecule has 1 aromatic carbocycles. The van der Waals surface area contributed by atoms with Crippen molar-refractivity contribution in [3.8, 4) is 5.75 Å². The number of ether oxygens (including phenoxy) is 1. The summed E-state index contributed by atoms with van der Waals surface area (Å²) in [5.74, 6) is -0.586. The Kier molecular flexibility index (Phi) is 4.36. The van der Waals surface area contributed by atoms with E-state index in [4.69, 9.17) is 9.15 Å². The molecule has 4 aromatic rings. The van der Waals surface area contributed by atoms with Crippen LogP contribution in [0.3, 0.4) is 0 Å². The number of para-hydroxylation sites is 1. The molecule has 0 saturated heterocycles. The van der Waals surface area contributed by atoms with Gasteiger partial charge in [0.2, 0.25) is 5.89 Å². The Balaban J connectivity index is 1.34.